The fourth-order valence-electron chi connectivity index (χ4n) is 3.99. The van der Waals surface area contributed by atoms with Crippen molar-refractivity contribution in [2.45, 2.75) is 19.8 Å². The molecule has 2 amide bonds. The average Bonchev–Trinajstić information content (AvgIpc) is 2.70. The molecular weight excluding hydrogens is 338 g/mol. The Balaban J connectivity index is 1.45. The molecule has 0 saturated carbocycles. The van der Waals surface area contributed by atoms with Crippen LogP contribution >= 0.6 is 0 Å². The van der Waals surface area contributed by atoms with Gasteiger partial charge in [-0.05, 0) is 48.7 Å². The van der Waals surface area contributed by atoms with Crippen LogP contribution in [0.1, 0.15) is 27.9 Å². The Labute approximate surface area is 160 Å². The van der Waals surface area contributed by atoms with E-state index in [9.17, 15) is 9.59 Å². The molecule has 0 atom stereocenters. The summed E-state index contributed by atoms with van der Waals surface area (Å²) in [4.78, 5) is 30.7. The molecule has 0 radical (unpaired) electrons. The van der Waals surface area contributed by atoms with Crippen LogP contribution < -0.4 is 9.80 Å². The van der Waals surface area contributed by atoms with E-state index in [-0.39, 0.29) is 11.8 Å². The van der Waals surface area contributed by atoms with Gasteiger partial charge < -0.3 is 14.7 Å². The maximum atomic E-state index is 12.8. The number of rotatable bonds is 2. The molecule has 2 aliphatic heterocycles. The van der Waals surface area contributed by atoms with E-state index in [0.29, 0.717) is 6.42 Å². The number of piperazine rings is 1. The zero-order valence-corrected chi connectivity index (χ0v) is 15.9. The third kappa shape index (κ3) is 3.29. The molecule has 0 unspecified atom stereocenters. The summed E-state index contributed by atoms with van der Waals surface area (Å²) in [5, 5.41) is 0. The number of carbonyl (C=O) groups excluding carboxylic acids is 2. The summed E-state index contributed by atoms with van der Waals surface area (Å²) in [6.07, 6.45) is 1.38. The highest BCUT2D eigenvalue weighted by Gasteiger charge is 2.25. The van der Waals surface area contributed by atoms with Gasteiger partial charge in [-0.15, -0.1) is 0 Å². The van der Waals surface area contributed by atoms with Crippen LogP contribution in [0, 0.1) is 6.92 Å². The molecule has 2 aromatic rings. The molecular formula is C22H25N3O2. The van der Waals surface area contributed by atoms with Crippen molar-refractivity contribution >= 4 is 23.2 Å². The third-order valence-electron chi connectivity index (χ3n) is 5.71. The van der Waals surface area contributed by atoms with Gasteiger partial charge in [-0.3, -0.25) is 9.59 Å². The molecule has 5 heteroatoms. The van der Waals surface area contributed by atoms with E-state index in [1.54, 1.807) is 4.90 Å². The van der Waals surface area contributed by atoms with Crippen molar-refractivity contribution in [2.75, 3.05) is 43.0 Å². The maximum absolute atomic E-state index is 12.8. The Bertz CT molecular complexity index is 885. The topological polar surface area (TPSA) is 43.9 Å². The Morgan fingerprint density at radius 3 is 2.44 bits per heavy atom. The Kier molecular flexibility index (Phi) is 4.60. The molecule has 0 aliphatic carbocycles. The van der Waals surface area contributed by atoms with Crippen LogP contribution in [0.2, 0.25) is 0 Å². The Morgan fingerprint density at radius 2 is 1.70 bits per heavy atom. The highest BCUT2D eigenvalue weighted by molar-refractivity contribution is 5.96. The van der Waals surface area contributed by atoms with Crippen LogP contribution in [-0.2, 0) is 11.2 Å². The summed E-state index contributed by atoms with van der Waals surface area (Å²) in [5.74, 6) is 0.303. The predicted molar refractivity (Wildman–Crippen MR) is 107 cm³/mol. The number of nitrogens with zero attached hydrogens (tertiary/aromatic N) is 3. The number of benzene rings is 2. The molecule has 1 fully saturated rings. The van der Waals surface area contributed by atoms with E-state index in [2.05, 4.69) is 17.0 Å². The molecule has 2 aliphatic rings. The lowest BCUT2D eigenvalue weighted by Gasteiger charge is -2.37. The Hall–Kier alpha value is -2.82. The second-order valence-corrected chi connectivity index (χ2v) is 7.36. The molecule has 2 aromatic carbocycles. The van der Waals surface area contributed by atoms with Crippen LogP contribution in [0.15, 0.2) is 42.5 Å². The minimum absolute atomic E-state index is 0.123. The predicted octanol–water partition coefficient (Wildman–Crippen LogP) is 2.87. The van der Waals surface area contributed by atoms with Gasteiger partial charge in [0, 0.05) is 56.6 Å². The van der Waals surface area contributed by atoms with Gasteiger partial charge in [0.25, 0.3) is 5.91 Å². The van der Waals surface area contributed by atoms with E-state index in [4.69, 9.17) is 0 Å². The molecule has 140 valence electrons. The van der Waals surface area contributed by atoms with Gasteiger partial charge in [0.05, 0.1) is 0 Å². The smallest absolute Gasteiger partial charge is 0.254 e. The first kappa shape index (κ1) is 17.6. The fraction of sp³-hybridized carbons (Fsp3) is 0.364. The van der Waals surface area contributed by atoms with Gasteiger partial charge in [0.15, 0.2) is 0 Å². The van der Waals surface area contributed by atoms with Crippen LogP contribution in [0.5, 0.6) is 0 Å². The fourth-order valence-corrected chi connectivity index (χ4v) is 3.99. The number of aryl methyl sites for hydroxylation is 2. The monoisotopic (exact) mass is 363 g/mol. The lowest BCUT2D eigenvalue weighted by atomic mass is 10.0. The first-order valence-electron chi connectivity index (χ1n) is 9.54. The van der Waals surface area contributed by atoms with E-state index < -0.39 is 0 Å². The third-order valence-corrected chi connectivity index (χ3v) is 5.71. The van der Waals surface area contributed by atoms with Crippen molar-refractivity contribution < 1.29 is 9.59 Å². The molecule has 27 heavy (non-hydrogen) atoms. The second-order valence-electron chi connectivity index (χ2n) is 7.36. The van der Waals surface area contributed by atoms with Crippen molar-refractivity contribution in [3.05, 3.63) is 59.2 Å². The summed E-state index contributed by atoms with van der Waals surface area (Å²) in [5.41, 5.74) is 5.25. The van der Waals surface area contributed by atoms with Crippen LogP contribution in [-0.4, -0.2) is 49.9 Å². The van der Waals surface area contributed by atoms with Gasteiger partial charge in [-0.2, -0.15) is 0 Å². The first-order chi connectivity index (χ1) is 13.0. The zero-order valence-electron chi connectivity index (χ0n) is 15.9. The Morgan fingerprint density at radius 1 is 0.963 bits per heavy atom. The van der Waals surface area contributed by atoms with Gasteiger partial charge in [0.1, 0.15) is 0 Å². The molecule has 5 nitrogen and oxygen atoms in total. The summed E-state index contributed by atoms with van der Waals surface area (Å²) >= 11 is 0. The summed E-state index contributed by atoms with van der Waals surface area (Å²) in [6.45, 7) is 5.08. The SMILES string of the molecule is Cc1ccccc1C(=O)N1CCN(c2ccc3c(c2)CCC(=O)N3C)CC1. The van der Waals surface area contributed by atoms with Crippen LogP contribution in [0.3, 0.4) is 0 Å². The molecule has 0 bridgehead atoms. The summed E-state index contributed by atoms with van der Waals surface area (Å²) < 4.78 is 0. The molecule has 0 N–H and O–H groups in total. The van der Waals surface area contributed by atoms with Crippen molar-refractivity contribution in [3.8, 4) is 0 Å². The normalized spacial score (nSPS) is 17.1. The van der Waals surface area contributed by atoms with Gasteiger partial charge >= 0.3 is 0 Å². The lowest BCUT2D eigenvalue weighted by molar-refractivity contribution is -0.118. The number of anilines is 2. The van der Waals surface area contributed by atoms with Crippen molar-refractivity contribution in [2.24, 2.45) is 0 Å². The molecule has 0 spiro atoms. The van der Waals surface area contributed by atoms with E-state index >= 15 is 0 Å². The highest BCUT2D eigenvalue weighted by atomic mass is 16.2. The minimum Gasteiger partial charge on any atom is -0.368 e. The van der Waals surface area contributed by atoms with Crippen LogP contribution in [0.25, 0.3) is 0 Å². The quantitative estimate of drug-likeness (QED) is 0.824. The van der Waals surface area contributed by atoms with Crippen molar-refractivity contribution in [1.29, 1.82) is 0 Å². The first-order valence-corrected chi connectivity index (χ1v) is 9.54. The summed E-state index contributed by atoms with van der Waals surface area (Å²) in [6, 6.07) is 14.1. The van der Waals surface area contributed by atoms with Crippen molar-refractivity contribution in [3.63, 3.8) is 0 Å². The molecule has 1 saturated heterocycles. The lowest BCUT2D eigenvalue weighted by Crippen LogP contribution is -2.49. The van der Waals surface area contributed by atoms with Gasteiger partial charge in [-0.1, -0.05) is 18.2 Å². The number of fused-ring (bicyclic) bond motifs is 1. The van der Waals surface area contributed by atoms with E-state index in [1.165, 1.54) is 11.3 Å². The largest absolute Gasteiger partial charge is 0.368 e. The molecule has 4 rings (SSSR count). The summed E-state index contributed by atoms with van der Waals surface area (Å²) in [7, 11) is 1.84. The minimum atomic E-state index is 0.123. The number of hydrogen-bond acceptors (Lipinski definition) is 3. The number of amides is 2. The average molecular weight is 363 g/mol. The number of carbonyl (C=O) groups is 2. The van der Waals surface area contributed by atoms with E-state index in [1.807, 2.05) is 49.2 Å². The second kappa shape index (κ2) is 7.06. The molecule has 0 aromatic heterocycles. The van der Waals surface area contributed by atoms with Crippen molar-refractivity contribution in [1.82, 2.24) is 4.90 Å². The van der Waals surface area contributed by atoms with Gasteiger partial charge in [0.2, 0.25) is 5.91 Å². The standard InChI is InChI=1S/C22H25N3O2/c1-16-5-3-4-6-19(16)22(27)25-13-11-24(12-14-25)18-8-9-20-17(15-18)7-10-21(26)23(20)2/h3-6,8-9,15H,7,10-14H2,1-2H3. The molecule has 2 heterocycles. The van der Waals surface area contributed by atoms with E-state index in [0.717, 1.165) is 49.4 Å². The van der Waals surface area contributed by atoms with Crippen LogP contribution in [0.4, 0.5) is 11.4 Å². The zero-order chi connectivity index (χ0) is 19.0. The highest BCUT2D eigenvalue weighted by Crippen LogP contribution is 2.31. The van der Waals surface area contributed by atoms with Gasteiger partial charge in [-0.25, -0.2) is 0 Å². The maximum Gasteiger partial charge on any atom is 0.254 e. The number of hydrogen-bond donors (Lipinski definition) is 0.